The lowest BCUT2D eigenvalue weighted by Gasteiger charge is -2.32. The summed E-state index contributed by atoms with van der Waals surface area (Å²) in [5.41, 5.74) is -0.597. The maximum absolute atomic E-state index is 9.51. The smallest absolute Gasteiger partial charge is 0.0782 e. The van der Waals surface area contributed by atoms with Gasteiger partial charge in [-0.15, -0.1) is 11.6 Å². The number of halogens is 1. The molecule has 1 N–H and O–H groups in total. The number of rotatable bonds is 0. The number of hydrogen-bond acceptors (Lipinski definition) is 1. The third kappa shape index (κ3) is 1.59. The van der Waals surface area contributed by atoms with Gasteiger partial charge in [-0.25, -0.2) is 0 Å². The fraction of sp³-hybridized carbons (Fsp3) is 1.00. The van der Waals surface area contributed by atoms with Gasteiger partial charge in [0.15, 0.2) is 0 Å². The van der Waals surface area contributed by atoms with Crippen molar-refractivity contribution >= 4 is 11.6 Å². The highest BCUT2D eigenvalue weighted by Crippen LogP contribution is 2.31. The van der Waals surface area contributed by atoms with Gasteiger partial charge in [-0.1, -0.05) is 12.8 Å². The number of aliphatic hydroxyl groups is 1. The molecule has 0 saturated heterocycles. The first-order chi connectivity index (χ1) is 4.13. The molecule has 0 amide bonds. The van der Waals surface area contributed by atoms with Crippen LogP contribution in [0.25, 0.3) is 0 Å². The molecule has 0 aromatic heterocycles. The Morgan fingerprint density at radius 2 is 2.22 bits per heavy atom. The molecule has 0 radical (unpaired) electrons. The van der Waals surface area contributed by atoms with Crippen molar-refractivity contribution in [2.24, 2.45) is 0 Å². The molecule has 0 aromatic carbocycles. The lowest BCUT2D eigenvalue weighted by atomic mass is 9.86. The SMILES string of the molecule is CC1(O)CCCCC1Cl. The zero-order valence-corrected chi connectivity index (χ0v) is 6.49. The Morgan fingerprint density at radius 1 is 1.56 bits per heavy atom. The largest absolute Gasteiger partial charge is 0.389 e. The van der Waals surface area contributed by atoms with Crippen molar-refractivity contribution < 1.29 is 5.11 Å². The normalized spacial score (nSPS) is 45.0. The quantitative estimate of drug-likeness (QED) is 0.521. The predicted molar refractivity (Wildman–Crippen MR) is 38.7 cm³/mol. The first-order valence-corrected chi connectivity index (χ1v) is 3.93. The van der Waals surface area contributed by atoms with E-state index in [1.807, 2.05) is 6.92 Å². The van der Waals surface area contributed by atoms with Crippen LogP contribution in [-0.2, 0) is 0 Å². The fourth-order valence-corrected chi connectivity index (χ4v) is 1.54. The third-order valence-electron chi connectivity index (χ3n) is 2.07. The van der Waals surface area contributed by atoms with Crippen molar-refractivity contribution in [2.75, 3.05) is 0 Å². The van der Waals surface area contributed by atoms with Gasteiger partial charge in [-0.3, -0.25) is 0 Å². The monoisotopic (exact) mass is 148 g/mol. The molecule has 9 heavy (non-hydrogen) atoms. The molecule has 1 aliphatic rings. The maximum atomic E-state index is 9.51. The van der Waals surface area contributed by atoms with E-state index in [4.69, 9.17) is 11.6 Å². The van der Waals surface area contributed by atoms with Gasteiger partial charge in [0.2, 0.25) is 0 Å². The van der Waals surface area contributed by atoms with Crippen LogP contribution in [0, 0.1) is 0 Å². The molecule has 1 nitrogen and oxygen atoms in total. The highest BCUT2D eigenvalue weighted by Gasteiger charge is 2.32. The molecule has 2 atom stereocenters. The second-order valence-corrected chi connectivity index (χ2v) is 3.60. The molecule has 0 heterocycles. The Bertz CT molecular complexity index is 101. The first-order valence-electron chi connectivity index (χ1n) is 3.49. The second kappa shape index (κ2) is 2.47. The standard InChI is InChI=1S/C7H13ClO/c1-7(9)5-3-2-4-6(7)8/h6,9H,2-5H2,1H3. The van der Waals surface area contributed by atoms with Gasteiger partial charge in [0.05, 0.1) is 11.0 Å². The van der Waals surface area contributed by atoms with Crippen LogP contribution in [0.15, 0.2) is 0 Å². The Labute approximate surface area is 61.0 Å². The molecule has 1 rings (SSSR count). The van der Waals surface area contributed by atoms with Crippen LogP contribution < -0.4 is 0 Å². The van der Waals surface area contributed by atoms with Gasteiger partial charge in [0.25, 0.3) is 0 Å². The summed E-state index contributed by atoms with van der Waals surface area (Å²) in [7, 11) is 0. The molecule has 1 saturated carbocycles. The minimum absolute atomic E-state index is 0.0220. The van der Waals surface area contributed by atoms with Crippen molar-refractivity contribution in [1.29, 1.82) is 0 Å². The predicted octanol–water partition coefficient (Wildman–Crippen LogP) is 1.92. The number of hydrogen-bond donors (Lipinski definition) is 1. The van der Waals surface area contributed by atoms with E-state index in [0.717, 1.165) is 19.3 Å². The van der Waals surface area contributed by atoms with Crippen LogP contribution in [0.3, 0.4) is 0 Å². The van der Waals surface area contributed by atoms with Gasteiger partial charge < -0.3 is 5.11 Å². The van der Waals surface area contributed by atoms with Gasteiger partial charge in [0.1, 0.15) is 0 Å². The van der Waals surface area contributed by atoms with Gasteiger partial charge >= 0.3 is 0 Å². The maximum Gasteiger partial charge on any atom is 0.0782 e. The zero-order valence-electron chi connectivity index (χ0n) is 5.73. The molecule has 2 unspecified atom stereocenters. The summed E-state index contributed by atoms with van der Waals surface area (Å²) in [4.78, 5) is 0. The summed E-state index contributed by atoms with van der Waals surface area (Å²) in [6.07, 6.45) is 4.12. The molecule has 0 spiro atoms. The van der Waals surface area contributed by atoms with E-state index in [1.165, 1.54) is 6.42 Å². The van der Waals surface area contributed by atoms with Crippen molar-refractivity contribution in [3.05, 3.63) is 0 Å². The van der Waals surface area contributed by atoms with Crippen LogP contribution in [0.1, 0.15) is 32.6 Å². The van der Waals surface area contributed by atoms with Crippen LogP contribution in [0.2, 0.25) is 0 Å². The Balaban J connectivity index is 2.49. The topological polar surface area (TPSA) is 20.2 Å². The van der Waals surface area contributed by atoms with Crippen LogP contribution >= 0.6 is 11.6 Å². The summed E-state index contributed by atoms with van der Waals surface area (Å²) < 4.78 is 0. The highest BCUT2D eigenvalue weighted by atomic mass is 35.5. The summed E-state index contributed by atoms with van der Waals surface area (Å²) in [5.74, 6) is 0. The van der Waals surface area contributed by atoms with Crippen LogP contribution in [0.4, 0.5) is 0 Å². The molecule has 1 aliphatic carbocycles. The molecular formula is C7H13ClO. The first kappa shape index (κ1) is 7.36. The second-order valence-electron chi connectivity index (χ2n) is 3.07. The Morgan fingerprint density at radius 3 is 2.56 bits per heavy atom. The lowest BCUT2D eigenvalue weighted by molar-refractivity contribution is 0.0268. The van der Waals surface area contributed by atoms with E-state index in [-0.39, 0.29) is 5.38 Å². The average Bonchev–Trinajstić information content (AvgIpc) is 1.77. The third-order valence-corrected chi connectivity index (χ3v) is 2.75. The molecule has 1 fully saturated rings. The summed E-state index contributed by atoms with van der Waals surface area (Å²) in [6, 6.07) is 0. The Kier molecular flexibility index (Phi) is 2.02. The fourth-order valence-electron chi connectivity index (χ4n) is 1.27. The molecule has 0 aliphatic heterocycles. The van der Waals surface area contributed by atoms with E-state index in [2.05, 4.69) is 0 Å². The van der Waals surface area contributed by atoms with Crippen LogP contribution in [0.5, 0.6) is 0 Å². The van der Waals surface area contributed by atoms with E-state index in [0.29, 0.717) is 0 Å². The summed E-state index contributed by atoms with van der Waals surface area (Å²) >= 11 is 5.86. The molecule has 0 aromatic rings. The number of alkyl halides is 1. The lowest BCUT2D eigenvalue weighted by Crippen LogP contribution is -2.38. The molecule has 2 heteroatoms. The average molecular weight is 149 g/mol. The van der Waals surface area contributed by atoms with Gasteiger partial charge in [0, 0.05) is 0 Å². The van der Waals surface area contributed by atoms with Crippen molar-refractivity contribution in [2.45, 2.75) is 43.6 Å². The van der Waals surface area contributed by atoms with Gasteiger partial charge in [-0.05, 0) is 19.8 Å². The van der Waals surface area contributed by atoms with Gasteiger partial charge in [-0.2, -0.15) is 0 Å². The van der Waals surface area contributed by atoms with Crippen molar-refractivity contribution in [3.63, 3.8) is 0 Å². The zero-order chi connectivity index (χ0) is 6.91. The minimum Gasteiger partial charge on any atom is -0.389 e. The summed E-state index contributed by atoms with van der Waals surface area (Å²) in [6.45, 7) is 1.82. The molecule has 0 bridgehead atoms. The molecule has 54 valence electrons. The van der Waals surface area contributed by atoms with Crippen molar-refractivity contribution in [1.82, 2.24) is 0 Å². The minimum atomic E-state index is -0.597. The molecular weight excluding hydrogens is 136 g/mol. The summed E-state index contributed by atoms with van der Waals surface area (Å²) in [5, 5.41) is 9.49. The van der Waals surface area contributed by atoms with E-state index in [1.54, 1.807) is 0 Å². The van der Waals surface area contributed by atoms with E-state index >= 15 is 0 Å². The Hall–Kier alpha value is 0.250. The van der Waals surface area contributed by atoms with E-state index < -0.39 is 5.60 Å². The van der Waals surface area contributed by atoms with Crippen molar-refractivity contribution in [3.8, 4) is 0 Å². The highest BCUT2D eigenvalue weighted by molar-refractivity contribution is 6.21. The van der Waals surface area contributed by atoms with Crippen LogP contribution in [-0.4, -0.2) is 16.1 Å². The van der Waals surface area contributed by atoms with E-state index in [9.17, 15) is 5.11 Å².